The van der Waals surface area contributed by atoms with Crippen LogP contribution in [0.4, 0.5) is 0 Å². The average molecular weight is 328 g/mol. The van der Waals surface area contributed by atoms with Crippen LogP contribution in [0.1, 0.15) is 13.8 Å². The van der Waals surface area contributed by atoms with Gasteiger partial charge in [0.1, 0.15) is 0 Å². The van der Waals surface area contributed by atoms with Crippen LogP contribution >= 0.6 is 7.82 Å². The first kappa shape index (κ1) is 19.0. The number of ether oxygens (including phenoxy) is 4. The van der Waals surface area contributed by atoms with E-state index in [9.17, 15) is 9.46 Å². The van der Waals surface area contributed by atoms with Crippen molar-refractivity contribution < 1.29 is 37.5 Å². The summed E-state index contributed by atoms with van der Waals surface area (Å²) >= 11 is 0. The minimum Gasteiger partial charge on any atom is -0.377 e. The topological polar surface area (TPSA) is 92.7 Å². The fourth-order valence-corrected chi connectivity index (χ4v) is 2.68. The van der Waals surface area contributed by atoms with E-state index in [1.54, 1.807) is 13.8 Å². The second kappa shape index (κ2) is 10.6. The molecule has 0 spiro atoms. The molecule has 0 aromatic heterocycles. The van der Waals surface area contributed by atoms with Crippen LogP contribution in [0.5, 0.6) is 0 Å². The summed E-state index contributed by atoms with van der Waals surface area (Å²) in [6.45, 7) is 6.22. The van der Waals surface area contributed by atoms with E-state index in [-0.39, 0.29) is 13.2 Å². The molecule has 1 aliphatic heterocycles. The Morgan fingerprint density at radius 1 is 0.762 bits per heavy atom. The van der Waals surface area contributed by atoms with Crippen LogP contribution in [0.2, 0.25) is 0 Å². The summed E-state index contributed by atoms with van der Waals surface area (Å²) in [6, 6.07) is 0. The molecule has 126 valence electrons. The van der Waals surface area contributed by atoms with Crippen LogP contribution in [-0.2, 0) is 32.6 Å². The lowest BCUT2D eigenvalue weighted by molar-refractivity contribution is -0.0114. The largest absolute Gasteiger partial charge is 0.472 e. The number of phosphoric acid groups is 1. The molecule has 0 aromatic rings. The van der Waals surface area contributed by atoms with Gasteiger partial charge in [0, 0.05) is 0 Å². The molecule has 0 bridgehead atoms. The molecule has 0 radical (unpaired) electrons. The lowest BCUT2D eigenvalue weighted by Gasteiger charge is -2.20. The molecule has 1 rings (SSSR count). The Balaban J connectivity index is 2.42. The lowest BCUT2D eigenvalue weighted by Crippen LogP contribution is -2.20. The summed E-state index contributed by atoms with van der Waals surface area (Å²) in [4.78, 5) is 9.62. The average Bonchev–Trinajstić information content (AvgIpc) is 2.37. The fourth-order valence-electron chi connectivity index (χ4n) is 1.60. The van der Waals surface area contributed by atoms with Crippen molar-refractivity contribution in [2.75, 3.05) is 52.9 Å². The van der Waals surface area contributed by atoms with Crippen LogP contribution in [0.25, 0.3) is 0 Å². The molecule has 3 atom stereocenters. The molecule has 0 aliphatic carbocycles. The Kier molecular flexibility index (Phi) is 9.62. The SMILES string of the molecule is CC1COCCOCCOCCOC[C@H](C)OP(=O)(O)O1. The Labute approximate surface area is 125 Å². The van der Waals surface area contributed by atoms with Crippen molar-refractivity contribution in [3.8, 4) is 0 Å². The van der Waals surface area contributed by atoms with Gasteiger partial charge in [0.05, 0.1) is 65.1 Å². The molecule has 0 amide bonds. The molecule has 0 aromatic carbocycles. The van der Waals surface area contributed by atoms with Gasteiger partial charge in [-0.1, -0.05) is 0 Å². The minimum atomic E-state index is -4.13. The molecular formula is C12H25O8P. The summed E-state index contributed by atoms with van der Waals surface area (Å²) < 4.78 is 42.9. The van der Waals surface area contributed by atoms with Crippen molar-refractivity contribution in [2.45, 2.75) is 26.1 Å². The third-order valence-electron chi connectivity index (χ3n) is 2.45. The summed E-state index contributed by atoms with van der Waals surface area (Å²) in [5.74, 6) is 0. The van der Waals surface area contributed by atoms with Crippen molar-refractivity contribution in [2.24, 2.45) is 0 Å². The highest BCUT2D eigenvalue weighted by Gasteiger charge is 2.27. The van der Waals surface area contributed by atoms with Crippen LogP contribution in [0.15, 0.2) is 0 Å². The van der Waals surface area contributed by atoms with E-state index >= 15 is 0 Å². The summed E-state index contributed by atoms with van der Waals surface area (Å²) in [5.41, 5.74) is 0. The highest BCUT2D eigenvalue weighted by atomic mass is 31.2. The normalized spacial score (nSPS) is 36.0. The van der Waals surface area contributed by atoms with Crippen molar-refractivity contribution in [1.82, 2.24) is 0 Å². The molecule has 1 N–H and O–H groups in total. The molecular weight excluding hydrogens is 303 g/mol. The molecule has 0 saturated carbocycles. The van der Waals surface area contributed by atoms with E-state index in [0.29, 0.717) is 39.6 Å². The number of phosphoric ester groups is 1. The van der Waals surface area contributed by atoms with Gasteiger partial charge in [0.2, 0.25) is 0 Å². The molecule has 9 heteroatoms. The van der Waals surface area contributed by atoms with Crippen molar-refractivity contribution in [1.29, 1.82) is 0 Å². The quantitative estimate of drug-likeness (QED) is 0.658. The highest BCUT2D eigenvalue weighted by Crippen LogP contribution is 2.45. The first-order chi connectivity index (χ1) is 9.99. The molecule has 1 saturated heterocycles. The summed E-state index contributed by atoms with van der Waals surface area (Å²) in [5, 5.41) is 0. The third-order valence-corrected chi connectivity index (χ3v) is 3.70. The van der Waals surface area contributed by atoms with Gasteiger partial charge in [-0.3, -0.25) is 9.05 Å². The predicted molar refractivity (Wildman–Crippen MR) is 74.2 cm³/mol. The molecule has 1 fully saturated rings. The predicted octanol–water partition coefficient (Wildman–Crippen LogP) is 0.977. The maximum absolute atomic E-state index is 11.8. The molecule has 21 heavy (non-hydrogen) atoms. The van der Waals surface area contributed by atoms with E-state index < -0.39 is 20.0 Å². The standard InChI is InChI=1S/C12H25O8P/c1-11-9-17-7-5-15-3-4-16-6-8-18-10-12(2)20-21(13,14)19-11/h11-12H,3-10H2,1-2H3,(H,13,14)/t11-,12?/m0/s1. The van der Waals surface area contributed by atoms with Crippen molar-refractivity contribution in [3.05, 3.63) is 0 Å². The van der Waals surface area contributed by atoms with Crippen molar-refractivity contribution in [3.63, 3.8) is 0 Å². The Bertz CT molecular complexity index is 288. The third kappa shape index (κ3) is 10.3. The van der Waals surface area contributed by atoms with Gasteiger partial charge in [0.25, 0.3) is 0 Å². The van der Waals surface area contributed by atoms with E-state index in [4.69, 9.17) is 28.0 Å². The van der Waals surface area contributed by atoms with Gasteiger partial charge in [-0.25, -0.2) is 4.57 Å². The minimum absolute atomic E-state index is 0.179. The maximum atomic E-state index is 11.8. The lowest BCUT2D eigenvalue weighted by atomic mass is 10.4. The van der Waals surface area contributed by atoms with Gasteiger partial charge in [0.15, 0.2) is 0 Å². The summed E-state index contributed by atoms with van der Waals surface area (Å²) in [6.07, 6.45) is -1.12. The van der Waals surface area contributed by atoms with Gasteiger partial charge in [-0.15, -0.1) is 0 Å². The molecule has 1 aliphatic rings. The number of hydrogen-bond acceptors (Lipinski definition) is 7. The van der Waals surface area contributed by atoms with Crippen LogP contribution in [0.3, 0.4) is 0 Å². The highest BCUT2D eigenvalue weighted by molar-refractivity contribution is 7.47. The Hall–Kier alpha value is -0.0500. The van der Waals surface area contributed by atoms with Gasteiger partial charge in [-0.2, -0.15) is 0 Å². The van der Waals surface area contributed by atoms with Crippen molar-refractivity contribution >= 4 is 7.82 Å². The van der Waals surface area contributed by atoms with Crippen LogP contribution in [-0.4, -0.2) is 70.0 Å². The van der Waals surface area contributed by atoms with Crippen LogP contribution in [0, 0.1) is 0 Å². The molecule has 1 heterocycles. The van der Waals surface area contributed by atoms with E-state index in [1.165, 1.54) is 0 Å². The van der Waals surface area contributed by atoms with E-state index in [1.807, 2.05) is 0 Å². The van der Waals surface area contributed by atoms with E-state index in [0.717, 1.165) is 0 Å². The van der Waals surface area contributed by atoms with Gasteiger partial charge in [-0.05, 0) is 13.8 Å². The zero-order valence-corrected chi connectivity index (χ0v) is 13.5. The monoisotopic (exact) mass is 328 g/mol. The first-order valence-corrected chi connectivity index (χ1v) is 8.50. The second-order valence-electron chi connectivity index (χ2n) is 4.68. The van der Waals surface area contributed by atoms with E-state index in [2.05, 4.69) is 0 Å². The zero-order valence-electron chi connectivity index (χ0n) is 12.6. The van der Waals surface area contributed by atoms with Gasteiger partial charge >= 0.3 is 7.82 Å². The smallest absolute Gasteiger partial charge is 0.377 e. The Morgan fingerprint density at radius 2 is 1.10 bits per heavy atom. The first-order valence-electron chi connectivity index (χ1n) is 7.00. The fraction of sp³-hybridized carbons (Fsp3) is 1.00. The van der Waals surface area contributed by atoms with Gasteiger partial charge < -0.3 is 23.8 Å². The Morgan fingerprint density at radius 3 is 1.48 bits per heavy atom. The van der Waals surface area contributed by atoms with Crippen LogP contribution < -0.4 is 0 Å². The maximum Gasteiger partial charge on any atom is 0.472 e. The summed E-state index contributed by atoms with van der Waals surface area (Å²) in [7, 11) is -4.13. The number of rotatable bonds is 0. The second-order valence-corrected chi connectivity index (χ2v) is 6.03. The zero-order chi connectivity index (χ0) is 15.6. The number of hydrogen-bond donors (Lipinski definition) is 1. The molecule has 8 nitrogen and oxygen atoms in total. The molecule has 2 unspecified atom stereocenters.